The Morgan fingerprint density at radius 3 is 2.78 bits per heavy atom. The number of hydrogen-bond donors (Lipinski definition) is 3. The molecule has 23 heavy (non-hydrogen) atoms. The summed E-state index contributed by atoms with van der Waals surface area (Å²) in [4.78, 5) is 11.7. The Labute approximate surface area is 134 Å². The van der Waals surface area contributed by atoms with Crippen molar-refractivity contribution < 1.29 is 19.0 Å². The van der Waals surface area contributed by atoms with Crippen LogP contribution in [0.4, 0.5) is 10.1 Å². The summed E-state index contributed by atoms with van der Waals surface area (Å²) in [5, 5.41) is 14.7. The zero-order valence-corrected chi connectivity index (χ0v) is 12.6. The average molecular weight is 318 g/mol. The maximum Gasteiger partial charge on any atom is 0.239 e. The van der Waals surface area contributed by atoms with E-state index in [1.54, 1.807) is 30.3 Å². The molecule has 6 heteroatoms. The number of aliphatic hydroxyl groups is 1. The van der Waals surface area contributed by atoms with E-state index in [1.807, 2.05) is 6.07 Å². The fourth-order valence-electron chi connectivity index (χ4n) is 1.94. The number of ether oxygens (including phenoxy) is 1. The third kappa shape index (κ3) is 5.96. The second-order valence-corrected chi connectivity index (χ2v) is 4.87. The van der Waals surface area contributed by atoms with Crippen LogP contribution < -0.4 is 15.4 Å². The highest BCUT2D eigenvalue weighted by molar-refractivity contribution is 5.80. The summed E-state index contributed by atoms with van der Waals surface area (Å²) < 4.78 is 18.3. The van der Waals surface area contributed by atoms with Gasteiger partial charge in [0, 0.05) is 11.8 Å². The summed E-state index contributed by atoms with van der Waals surface area (Å²) >= 11 is 0. The molecule has 122 valence electrons. The van der Waals surface area contributed by atoms with Crippen molar-refractivity contribution in [1.29, 1.82) is 0 Å². The Morgan fingerprint density at radius 1 is 1.17 bits per heavy atom. The van der Waals surface area contributed by atoms with Crippen molar-refractivity contribution in [3.63, 3.8) is 0 Å². The summed E-state index contributed by atoms with van der Waals surface area (Å²) in [5.74, 6) is -0.110. The minimum Gasteiger partial charge on any atom is -0.492 e. The van der Waals surface area contributed by atoms with Gasteiger partial charge in [0.15, 0.2) is 0 Å². The fraction of sp³-hybridized carbons (Fsp3) is 0.235. The van der Waals surface area contributed by atoms with Crippen LogP contribution in [-0.2, 0) is 11.4 Å². The van der Waals surface area contributed by atoms with E-state index in [-0.39, 0.29) is 31.5 Å². The highest BCUT2D eigenvalue weighted by atomic mass is 19.1. The third-order valence-electron chi connectivity index (χ3n) is 3.05. The summed E-state index contributed by atoms with van der Waals surface area (Å²) in [5.41, 5.74) is 1.54. The molecule has 0 fully saturated rings. The van der Waals surface area contributed by atoms with Gasteiger partial charge in [-0.15, -0.1) is 0 Å². The van der Waals surface area contributed by atoms with Crippen molar-refractivity contribution in [2.75, 3.05) is 25.0 Å². The van der Waals surface area contributed by atoms with Crippen LogP contribution in [0.2, 0.25) is 0 Å². The molecule has 0 heterocycles. The first-order valence-corrected chi connectivity index (χ1v) is 7.26. The van der Waals surface area contributed by atoms with Crippen molar-refractivity contribution >= 4 is 11.6 Å². The largest absolute Gasteiger partial charge is 0.492 e. The average Bonchev–Trinajstić information content (AvgIpc) is 2.57. The van der Waals surface area contributed by atoms with Crippen molar-refractivity contribution in [3.05, 3.63) is 59.9 Å². The molecule has 0 aliphatic carbocycles. The standard InChI is InChI=1S/C17H19FN2O3/c18-14-4-2-6-16(10-14)23-8-7-19-17(22)11-20-15-5-1-3-13(9-15)12-21/h1-6,9-10,20-21H,7-8,11-12H2,(H,19,22). The van der Waals surface area contributed by atoms with Crippen LogP contribution in [0, 0.1) is 5.82 Å². The van der Waals surface area contributed by atoms with Crippen LogP contribution in [-0.4, -0.2) is 30.7 Å². The number of hydrogen-bond acceptors (Lipinski definition) is 4. The Hall–Kier alpha value is -2.60. The molecule has 0 aliphatic heterocycles. The van der Waals surface area contributed by atoms with Crippen LogP contribution in [0.5, 0.6) is 5.75 Å². The van der Waals surface area contributed by atoms with E-state index in [2.05, 4.69) is 10.6 Å². The number of benzene rings is 2. The smallest absolute Gasteiger partial charge is 0.239 e. The number of carbonyl (C=O) groups excluding carboxylic acids is 1. The SMILES string of the molecule is O=C(CNc1cccc(CO)c1)NCCOc1cccc(F)c1. The van der Waals surface area contributed by atoms with Gasteiger partial charge in [0.25, 0.3) is 0 Å². The van der Waals surface area contributed by atoms with E-state index >= 15 is 0 Å². The van der Waals surface area contributed by atoms with Crippen LogP contribution in [0.3, 0.4) is 0 Å². The molecule has 2 aromatic carbocycles. The van der Waals surface area contributed by atoms with E-state index < -0.39 is 0 Å². The van der Waals surface area contributed by atoms with Gasteiger partial charge in [-0.25, -0.2) is 4.39 Å². The lowest BCUT2D eigenvalue weighted by Crippen LogP contribution is -2.33. The molecule has 2 rings (SSSR count). The second-order valence-electron chi connectivity index (χ2n) is 4.87. The first-order valence-electron chi connectivity index (χ1n) is 7.26. The monoisotopic (exact) mass is 318 g/mol. The fourth-order valence-corrected chi connectivity index (χ4v) is 1.94. The molecule has 0 saturated heterocycles. The molecule has 2 aromatic rings. The van der Waals surface area contributed by atoms with Crippen LogP contribution in [0.25, 0.3) is 0 Å². The van der Waals surface area contributed by atoms with Gasteiger partial charge in [-0.05, 0) is 29.8 Å². The zero-order chi connectivity index (χ0) is 16.5. The lowest BCUT2D eigenvalue weighted by atomic mass is 10.2. The van der Waals surface area contributed by atoms with E-state index in [0.717, 1.165) is 11.3 Å². The van der Waals surface area contributed by atoms with E-state index in [0.29, 0.717) is 12.3 Å². The predicted molar refractivity (Wildman–Crippen MR) is 85.8 cm³/mol. The van der Waals surface area contributed by atoms with Gasteiger partial charge in [-0.2, -0.15) is 0 Å². The van der Waals surface area contributed by atoms with Gasteiger partial charge in [0.05, 0.1) is 19.7 Å². The highest BCUT2D eigenvalue weighted by Gasteiger charge is 2.02. The van der Waals surface area contributed by atoms with Crippen molar-refractivity contribution in [2.45, 2.75) is 6.61 Å². The van der Waals surface area contributed by atoms with Crippen LogP contribution >= 0.6 is 0 Å². The van der Waals surface area contributed by atoms with Crippen molar-refractivity contribution in [2.24, 2.45) is 0 Å². The molecule has 1 amide bonds. The lowest BCUT2D eigenvalue weighted by Gasteiger charge is -2.09. The van der Waals surface area contributed by atoms with Gasteiger partial charge in [0.2, 0.25) is 5.91 Å². The van der Waals surface area contributed by atoms with Crippen LogP contribution in [0.1, 0.15) is 5.56 Å². The van der Waals surface area contributed by atoms with Crippen molar-refractivity contribution in [1.82, 2.24) is 5.32 Å². The first-order chi connectivity index (χ1) is 11.2. The summed E-state index contributed by atoms with van der Waals surface area (Å²) in [6, 6.07) is 13.0. The summed E-state index contributed by atoms with van der Waals surface area (Å²) in [6.45, 7) is 0.664. The Balaban J connectivity index is 1.65. The molecule has 0 spiro atoms. The zero-order valence-electron chi connectivity index (χ0n) is 12.6. The molecular formula is C17H19FN2O3. The van der Waals surface area contributed by atoms with E-state index in [9.17, 15) is 9.18 Å². The van der Waals surface area contributed by atoms with E-state index in [4.69, 9.17) is 9.84 Å². The van der Waals surface area contributed by atoms with Gasteiger partial charge < -0.3 is 20.5 Å². The number of nitrogens with one attached hydrogen (secondary N) is 2. The quantitative estimate of drug-likeness (QED) is 0.651. The molecule has 0 unspecified atom stereocenters. The maximum atomic E-state index is 12.9. The Kier molecular flexibility index (Phi) is 6.38. The molecule has 0 radical (unpaired) electrons. The van der Waals surface area contributed by atoms with Gasteiger partial charge in [-0.1, -0.05) is 18.2 Å². The first kappa shape index (κ1) is 16.8. The molecule has 0 aromatic heterocycles. The number of amides is 1. The Morgan fingerprint density at radius 2 is 2.00 bits per heavy atom. The third-order valence-corrected chi connectivity index (χ3v) is 3.05. The number of carbonyl (C=O) groups is 1. The molecule has 0 aliphatic rings. The van der Waals surface area contributed by atoms with E-state index in [1.165, 1.54) is 12.1 Å². The summed E-state index contributed by atoms with van der Waals surface area (Å²) in [6.07, 6.45) is 0. The summed E-state index contributed by atoms with van der Waals surface area (Å²) in [7, 11) is 0. The van der Waals surface area contributed by atoms with Gasteiger partial charge >= 0.3 is 0 Å². The van der Waals surface area contributed by atoms with Crippen LogP contribution in [0.15, 0.2) is 48.5 Å². The van der Waals surface area contributed by atoms with Crippen molar-refractivity contribution in [3.8, 4) is 5.75 Å². The maximum absolute atomic E-state index is 12.9. The van der Waals surface area contributed by atoms with Gasteiger partial charge in [0.1, 0.15) is 18.2 Å². The number of rotatable bonds is 8. The molecule has 0 saturated carbocycles. The second kappa shape index (κ2) is 8.75. The lowest BCUT2D eigenvalue weighted by molar-refractivity contribution is -0.119. The minimum absolute atomic E-state index is 0.0425. The molecular weight excluding hydrogens is 299 g/mol. The highest BCUT2D eigenvalue weighted by Crippen LogP contribution is 2.11. The van der Waals surface area contributed by atoms with Gasteiger partial charge in [-0.3, -0.25) is 4.79 Å². The number of anilines is 1. The molecule has 3 N–H and O–H groups in total. The molecule has 0 atom stereocenters. The normalized spacial score (nSPS) is 10.2. The predicted octanol–water partition coefficient (Wildman–Crippen LogP) is 1.93. The number of aliphatic hydroxyl groups excluding tert-OH is 1. The number of halogens is 1. The molecule has 0 bridgehead atoms. The molecule has 5 nitrogen and oxygen atoms in total. The minimum atomic E-state index is -0.360. The Bertz CT molecular complexity index is 649. The topological polar surface area (TPSA) is 70.6 Å².